The lowest BCUT2D eigenvalue weighted by molar-refractivity contribution is -0.122. The number of hydrogen-bond acceptors (Lipinski definition) is 4. The first-order chi connectivity index (χ1) is 8.54. The van der Waals surface area contributed by atoms with E-state index in [1.807, 2.05) is 0 Å². The normalized spacial score (nSPS) is 20.7. The molecule has 1 amide bonds. The Hall–Kier alpha value is -1.30. The second kappa shape index (κ2) is 7.20. The van der Waals surface area contributed by atoms with Gasteiger partial charge in [0.1, 0.15) is 0 Å². The van der Waals surface area contributed by atoms with E-state index in [4.69, 9.17) is 10.9 Å². The van der Waals surface area contributed by atoms with Crippen molar-refractivity contribution in [1.82, 2.24) is 10.2 Å². The summed E-state index contributed by atoms with van der Waals surface area (Å²) in [6.45, 7) is 7.70. The Morgan fingerprint density at radius 1 is 1.44 bits per heavy atom. The van der Waals surface area contributed by atoms with Gasteiger partial charge in [0.2, 0.25) is 5.91 Å². The Kier molecular flexibility index (Phi) is 5.91. The number of nitrogens with two attached hydrogens (primary N) is 1. The maximum absolute atomic E-state index is 11.7. The molecule has 0 aliphatic carbocycles. The number of amides is 1. The van der Waals surface area contributed by atoms with Gasteiger partial charge in [0, 0.05) is 13.1 Å². The van der Waals surface area contributed by atoms with E-state index in [1.54, 1.807) is 6.92 Å². The van der Waals surface area contributed by atoms with E-state index < -0.39 is 5.92 Å². The van der Waals surface area contributed by atoms with Gasteiger partial charge in [-0.05, 0) is 38.8 Å². The Morgan fingerprint density at radius 3 is 2.61 bits per heavy atom. The Labute approximate surface area is 108 Å². The van der Waals surface area contributed by atoms with Crippen LogP contribution in [-0.2, 0) is 4.79 Å². The van der Waals surface area contributed by atoms with E-state index in [1.165, 1.54) is 25.9 Å². The van der Waals surface area contributed by atoms with Crippen molar-refractivity contribution >= 4 is 11.7 Å². The lowest BCUT2D eigenvalue weighted by Gasteiger charge is -2.21. The van der Waals surface area contributed by atoms with Crippen molar-refractivity contribution in [2.75, 3.05) is 26.2 Å². The lowest BCUT2D eigenvalue weighted by atomic mass is 10.1. The summed E-state index contributed by atoms with van der Waals surface area (Å²) in [5.41, 5.74) is 5.39. The van der Waals surface area contributed by atoms with E-state index >= 15 is 0 Å². The molecule has 0 bridgehead atoms. The zero-order valence-electron chi connectivity index (χ0n) is 11.2. The van der Waals surface area contributed by atoms with Gasteiger partial charge in [-0.3, -0.25) is 4.79 Å². The zero-order valence-corrected chi connectivity index (χ0v) is 11.2. The Bertz CT molecular complexity index is 300. The molecule has 1 heterocycles. The number of nitrogens with zero attached hydrogens (tertiary/aromatic N) is 2. The summed E-state index contributed by atoms with van der Waals surface area (Å²) in [5, 5.41) is 14.2. The maximum atomic E-state index is 11.7. The molecule has 0 radical (unpaired) electrons. The molecular weight excluding hydrogens is 232 g/mol. The van der Waals surface area contributed by atoms with Crippen LogP contribution < -0.4 is 11.1 Å². The zero-order chi connectivity index (χ0) is 13.5. The lowest BCUT2D eigenvalue weighted by Crippen LogP contribution is -2.40. The molecule has 0 saturated carbocycles. The standard InChI is InChI=1S/C12H24N4O2/c1-9(8-16-5-3-4-6-16)7-14-12(17)10(2)11(13)15-18/h9-10,18H,3-8H2,1-2H3,(H2,13,15)(H,14,17). The number of rotatable bonds is 6. The van der Waals surface area contributed by atoms with Gasteiger partial charge in [-0.25, -0.2) is 0 Å². The summed E-state index contributed by atoms with van der Waals surface area (Å²) >= 11 is 0. The highest BCUT2D eigenvalue weighted by Gasteiger charge is 2.19. The van der Waals surface area contributed by atoms with E-state index in [2.05, 4.69) is 22.3 Å². The SMILES string of the molecule is CC(CNC(=O)C(C)C(N)=NO)CN1CCCC1. The molecule has 6 heteroatoms. The largest absolute Gasteiger partial charge is 0.409 e. The molecule has 1 aliphatic heterocycles. The molecule has 1 saturated heterocycles. The average Bonchev–Trinajstić information content (AvgIpc) is 2.86. The van der Waals surface area contributed by atoms with Gasteiger partial charge in [-0.15, -0.1) is 0 Å². The topological polar surface area (TPSA) is 91.0 Å². The first-order valence-corrected chi connectivity index (χ1v) is 6.52. The van der Waals surface area contributed by atoms with E-state index in [-0.39, 0.29) is 11.7 Å². The number of likely N-dealkylation sites (tertiary alicyclic amines) is 1. The van der Waals surface area contributed by atoms with E-state index in [9.17, 15) is 4.79 Å². The minimum Gasteiger partial charge on any atom is -0.409 e. The van der Waals surface area contributed by atoms with Crippen molar-refractivity contribution < 1.29 is 10.0 Å². The number of hydrogen-bond donors (Lipinski definition) is 3. The van der Waals surface area contributed by atoms with Crippen molar-refractivity contribution in [1.29, 1.82) is 0 Å². The summed E-state index contributed by atoms with van der Waals surface area (Å²) < 4.78 is 0. The van der Waals surface area contributed by atoms with Crippen LogP contribution >= 0.6 is 0 Å². The second-order valence-corrected chi connectivity index (χ2v) is 5.10. The smallest absolute Gasteiger partial charge is 0.230 e. The molecule has 104 valence electrons. The highest BCUT2D eigenvalue weighted by atomic mass is 16.4. The van der Waals surface area contributed by atoms with Crippen LogP contribution in [0.5, 0.6) is 0 Å². The highest BCUT2D eigenvalue weighted by Crippen LogP contribution is 2.09. The summed E-state index contributed by atoms with van der Waals surface area (Å²) in [5.74, 6) is -0.432. The van der Waals surface area contributed by atoms with Crippen molar-refractivity contribution in [3.05, 3.63) is 0 Å². The molecular formula is C12H24N4O2. The summed E-state index contributed by atoms with van der Waals surface area (Å²) in [6, 6.07) is 0. The molecule has 2 atom stereocenters. The van der Waals surface area contributed by atoms with Crippen molar-refractivity contribution in [2.24, 2.45) is 22.7 Å². The van der Waals surface area contributed by atoms with Crippen molar-refractivity contribution in [3.63, 3.8) is 0 Å². The molecule has 1 rings (SSSR count). The number of oxime groups is 1. The molecule has 4 N–H and O–H groups in total. The molecule has 1 aliphatic rings. The predicted molar refractivity (Wildman–Crippen MR) is 70.4 cm³/mol. The van der Waals surface area contributed by atoms with Gasteiger partial charge in [-0.1, -0.05) is 12.1 Å². The van der Waals surface area contributed by atoms with Gasteiger partial charge in [0.05, 0.1) is 5.92 Å². The average molecular weight is 256 g/mol. The van der Waals surface area contributed by atoms with E-state index in [0.717, 1.165) is 6.54 Å². The molecule has 2 unspecified atom stereocenters. The van der Waals surface area contributed by atoms with Crippen LogP contribution in [0.3, 0.4) is 0 Å². The minimum atomic E-state index is -0.589. The molecule has 0 aromatic heterocycles. The fourth-order valence-corrected chi connectivity index (χ4v) is 2.12. The maximum Gasteiger partial charge on any atom is 0.230 e. The van der Waals surface area contributed by atoms with Crippen LogP contribution in [0, 0.1) is 11.8 Å². The third-order valence-electron chi connectivity index (χ3n) is 3.35. The van der Waals surface area contributed by atoms with Crippen LogP contribution in [0.2, 0.25) is 0 Å². The summed E-state index contributed by atoms with van der Waals surface area (Å²) in [6.07, 6.45) is 2.55. The third kappa shape index (κ3) is 4.52. The van der Waals surface area contributed by atoms with Gasteiger partial charge < -0.3 is 21.2 Å². The predicted octanol–water partition coefficient (Wildman–Crippen LogP) is 0.217. The van der Waals surface area contributed by atoms with E-state index in [0.29, 0.717) is 12.5 Å². The minimum absolute atomic E-state index is 0.0558. The number of carbonyl (C=O) groups is 1. The summed E-state index contributed by atoms with van der Waals surface area (Å²) in [7, 11) is 0. The molecule has 18 heavy (non-hydrogen) atoms. The third-order valence-corrected chi connectivity index (χ3v) is 3.35. The molecule has 0 aromatic carbocycles. The van der Waals surface area contributed by atoms with Gasteiger partial charge in [0.15, 0.2) is 5.84 Å². The first kappa shape index (κ1) is 14.8. The fraction of sp³-hybridized carbons (Fsp3) is 0.833. The number of amidine groups is 1. The molecule has 0 aromatic rings. The molecule has 1 fully saturated rings. The van der Waals surface area contributed by atoms with Crippen LogP contribution in [0.15, 0.2) is 5.16 Å². The second-order valence-electron chi connectivity index (χ2n) is 5.10. The van der Waals surface area contributed by atoms with Gasteiger partial charge >= 0.3 is 0 Å². The Morgan fingerprint density at radius 2 is 2.06 bits per heavy atom. The quantitative estimate of drug-likeness (QED) is 0.274. The molecule has 0 spiro atoms. The number of nitrogens with one attached hydrogen (secondary N) is 1. The van der Waals surface area contributed by atoms with Crippen LogP contribution in [0.1, 0.15) is 26.7 Å². The monoisotopic (exact) mass is 256 g/mol. The molecule has 6 nitrogen and oxygen atoms in total. The highest BCUT2D eigenvalue weighted by molar-refractivity contribution is 6.01. The van der Waals surface area contributed by atoms with Gasteiger partial charge in [-0.2, -0.15) is 0 Å². The van der Waals surface area contributed by atoms with Crippen molar-refractivity contribution in [2.45, 2.75) is 26.7 Å². The Balaban J connectivity index is 2.24. The van der Waals surface area contributed by atoms with Crippen LogP contribution in [0.4, 0.5) is 0 Å². The van der Waals surface area contributed by atoms with Gasteiger partial charge in [0.25, 0.3) is 0 Å². The fourth-order valence-electron chi connectivity index (χ4n) is 2.12. The van der Waals surface area contributed by atoms with Crippen molar-refractivity contribution in [3.8, 4) is 0 Å². The van der Waals surface area contributed by atoms with Crippen LogP contribution in [-0.4, -0.2) is 48.0 Å². The number of carbonyl (C=O) groups excluding carboxylic acids is 1. The first-order valence-electron chi connectivity index (χ1n) is 6.52. The summed E-state index contributed by atoms with van der Waals surface area (Å²) in [4.78, 5) is 14.1. The van der Waals surface area contributed by atoms with Crippen LogP contribution in [0.25, 0.3) is 0 Å².